The van der Waals surface area contributed by atoms with Gasteiger partial charge in [0.1, 0.15) is 0 Å². The van der Waals surface area contributed by atoms with Crippen molar-refractivity contribution < 1.29 is 4.43 Å². The summed E-state index contributed by atoms with van der Waals surface area (Å²) in [5, 5.41) is 2.59. The van der Waals surface area contributed by atoms with Gasteiger partial charge >= 0.3 is 0 Å². The smallest absolute Gasteiger partial charge is 0.241 e. The molecule has 0 aliphatic rings. The molecule has 0 N–H and O–H groups in total. The molecular weight excluding hydrogens is 272 g/mol. The molecule has 0 saturated heterocycles. The van der Waals surface area contributed by atoms with E-state index in [-0.39, 0.29) is 5.41 Å². The Hall–Kier alpha value is -1.82. The summed E-state index contributed by atoms with van der Waals surface area (Å²) < 4.78 is 6.17. The van der Waals surface area contributed by atoms with Crippen LogP contribution in [0.4, 0.5) is 0 Å². The predicted molar refractivity (Wildman–Crippen MR) is 92.5 cm³/mol. The first kappa shape index (κ1) is 15.6. The molecule has 0 aromatic heterocycles. The molecule has 0 radical (unpaired) electrons. The van der Waals surface area contributed by atoms with Crippen molar-refractivity contribution >= 4 is 19.4 Å². The van der Waals surface area contributed by atoms with Crippen molar-refractivity contribution in [3.8, 4) is 11.8 Å². The van der Waals surface area contributed by atoms with Crippen LogP contribution < -0.4 is 10.4 Å². The number of hydrogen-bond donors (Lipinski definition) is 0. The summed E-state index contributed by atoms with van der Waals surface area (Å²) in [5.41, 5.74) is 0.0277. The molecule has 21 heavy (non-hydrogen) atoms. The molecule has 0 saturated carbocycles. The highest BCUT2D eigenvalue weighted by Gasteiger charge is 2.16. The molecule has 2 rings (SSSR count). The molecule has 0 unspecified atom stereocenters. The van der Waals surface area contributed by atoms with Crippen LogP contribution in [0.5, 0.6) is 0 Å². The van der Waals surface area contributed by atoms with Gasteiger partial charge in [-0.2, -0.15) is 0 Å². The van der Waals surface area contributed by atoms with Crippen molar-refractivity contribution in [2.75, 3.05) is 6.61 Å². The van der Waals surface area contributed by atoms with E-state index in [9.17, 15) is 0 Å². The highest BCUT2D eigenvalue weighted by atomic mass is 28.3. The fourth-order valence-electron chi connectivity index (χ4n) is 2.07. The van der Waals surface area contributed by atoms with Crippen LogP contribution in [-0.4, -0.2) is 15.6 Å². The fourth-order valence-corrected chi connectivity index (χ4v) is 4.23. The van der Waals surface area contributed by atoms with Gasteiger partial charge in [0, 0.05) is 5.41 Å². The third-order valence-electron chi connectivity index (χ3n) is 2.99. The lowest BCUT2D eigenvalue weighted by atomic mass is 9.98. The van der Waals surface area contributed by atoms with Crippen LogP contribution in [0.2, 0.25) is 0 Å². The lowest BCUT2D eigenvalue weighted by molar-refractivity contribution is 0.389. The summed E-state index contributed by atoms with van der Waals surface area (Å²) in [5.74, 6) is 6.39. The normalized spacial score (nSPS) is 11.0. The fraction of sp³-hybridized carbons (Fsp3) is 0.263. The van der Waals surface area contributed by atoms with Crippen LogP contribution in [0.3, 0.4) is 0 Å². The van der Waals surface area contributed by atoms with E-state index in [1.165, 1.54) is 10.4 Å². The minimum Gasteiger partial charge on any atom is -0.400 e. The van der Waals surface area contributed by atoms with Crippen LogP contribution in [0.25, 0.3) is 0 Å². The monoisotopic (exact) mass is 294 g/mol. The van der Waals surface area contributed by atoms with Crippen molar-refractivity contribution in [1.82, 2.24) is 0 Å². The Morgan fingerprint density at radius 1 is 0.857 bits per heavy atom. The van der Waals surface area contributed by atoms with E-state index < -0.39 is 9.04 Å². The molecule has 2 heteroatoms. The Balaban J connectivity index is 2.16. The van der Waals surface area contributed by atoms with E-state index in [2.05, 4.69) is 81.1 Å². The second-order valence-electron chi connectivity index (χ2n) is 6.06. The van der Waals surface area contributed by atoms with E-state index in [4.69, 9.17) is 4.43 Å². The third kappa shape index (κ3) is 5.22. The Kier molecular flexibility index (Phi) is 5.38. The molecule has 1 nitrogen and oxygen atoms in total. The summed E-state index contributed by atoms with van der Waals surface area (Å²) in [7, 11) is -1.64. The maximum atomic E-state index is 6.17. The largest absolute Gasteiger partial charge is 0.400 e. The average molecular weight is 294 g/mol. The number of benzene rings is 2. The molecule has 0 spiro atoms. The molecule has 0 heterocycles. The van der Waals surface area contributed by atoms with Crippen LogP contribution >= 0.6 is 0 Å². The summed E-state index contributed by atoms with van der Waals surface area (Å²) in [6.45, 7) is 6.84. The molecule has 0 fully saturated rings. The molecule has 0 atom stereocenters. The molecule has 0 aliphatic carbocycles. The minimum absolute atomic E-state index is 0.0277. The van der Waals surface area contributed by atoms with Gasteiger partial charge in [-0.15, -0.1) is 0 Å². The number of rotatable bonds is 4. The summed E-state index contributed by atoms with van der Waals surface area (Å²) >= 11 is 0. The highest BCUT2D eigenvalue weighted by molar-refractivity contribution is 6.80. The molecular formula is C19H22OSi. The van der Waals surface area contributed by atoms with Crippen molar-refractivity contribution in [1.29, 1.82) is 0 Å². The Labute approximate surface area is 129 Å². The molecule has 2 aromatic rings. The Morgan fingerprint density at radius 3 is 1.76 bits per heavy atom. The van der Waals surface area contributed by atoms with Crippen molar-refractivity contribution in [2.45, 2.75) is 20.8 Å². The molecule has 0 amide bonds. The lowest BCUT2D eigenvalue weighted by Gasteiger charge is -2.16. The minimum atomic E-state index is -1.64. The zero-order chi connectivity index (χ0) is 15.1. The summed E-state index contributed by atoms with van der Waals surface area (Å²) in [6.07, 6.45) is 0. The first-order valence-electron chi connectivity index (χ1n) is 7.28. The van der Waals surface area contributed by atoms with E-state index in [1.807, 2.05) is 12.1 Å². The van der Waals surface area contributed by atoms with Crippen LogP contribution in [0.15, 0.2) is 60.7 Å². The van der Waals surface area contributed by atoms with Gasteiger partial charge in [-0.05, 0) is 31.1 Å². The van der Waals surface area contributed by atoms with Gasteiger partial charge in [0.05, 0.1) is 6.61 Å². The summed E-state index contributed by atoms with van der Waals surface area (Å²) in [4.78, 5) is 0. The quantitative estimate of drug-likeness (QED) is 0.622. The molecule has 108 valence electrons. The average Bonchev–Trinajstić information content (AvgIpc) is 2.48. The second-order valence-corrected chi connectivity index (χ2v) is 8.49. The van der Waals surface area contributed by atoms with Gasteiger partial charge in [-0.3, -0.25) is 0 Å². The van der Waals surface area contributed by atoms with Gasteiger partial charge in [0.25, 0.3) is 0 Å². The van der Waals surface area contributed by atoms with Gasteiger partial charge in [-0.25, -0.2) is 0 Å². The Morgan fingerprint density at radius 2 is 1.33 bits per heavy atom. The van der Waals surface area contributed by atoms with E-state index in [0.29, 0.717) is 6.61 Å². The maximum absolute atomic E-state index is 6.17. The van der Waals surface area contributed by atoms with E-state index in [0.717, 1.165) is 0 Å². The van der Waals surface area contributed by atoms with Crippen LogP contribution in [0, 0.1) is 17.3 Å². The third-order valence-corrected chi connectivity index (χ3v) is 5.47. The first-order chi connectivity index (χ1) is 10.1. The van der Waals surface area contributed by atoms with Gasteiger partial charge in [-0.1, -0.05) is 72.5 Å². The highest BCUT2D eigenvalue weighted by Crippen LogP contribution is 2.09. The van der Waals surface area contributed by atoms with E-state index >= 15 is 0 Å². The van der Waals surface area contributed by atoms with Crippen molar-refractivity contribution in [3.63, 3.8) is 0 Å². The SMILES string of the molecule is CC(C)(C)C#CCO[SiH](c1ccccc1)c1ccccc1. The van der Waals surface area contributed by atoms with Crippen LogP contribution in [0.1, 0.15) is 20.8 Å². The van der Waals surface area contributed by atoms with E-state index in [1.54, 1.807) is 0 Å². The zero-order valence-electron chi connectivity index (χ0n) is 13.0. The van der Waals surface area contributed by atoms with Crippen LogP contribution in [-0.2, 0) is 4.43 Å². The topological polar surface area (TPSA) is 9.23 Å². The lowest BCUT2D eigenvalue weighted by Crippen LogP contribution is -2.45. The standard InChI is InChI=1S/C19H22OSi/c1-19(2,3)15-10-16-20-21(17-11-6-4-7-12-17)18-13-8-5-9-14-18/h4-9,11-14,21H,16H2,1-3H3. The zero-order valence-corrected chi connectivity index (χ0v) is 14.1. The summed E-state index contributed by atoms with van der Waals surface area (Å²) in [6, 6.07) is 21.0. The Bertz CT molecular complexity index is 563. The first-order valence-corrected chi connectivity index (χ1v) is 8.90. The molecule has 0 aliphatic heterocycles. The van der Waals surface area contributed by atoms with Gasteiger partial charge < -0.3 is 4.43 Å². The van der Waals surface area contributed by atoms with Gasteiger partial charge in [0.2, 0.25) is 9.04 Å². The molecule has 0 bridgehead atoms. The van der Waals surface area contributed by atoms with Gasteiger partial charge in [0.15, 0.2) is 0 Å². The molecule has 2 aromatic carbocycles. The number of hydrogen-bond acceptors (Lipinski definition) is 1. The predicted octanol–water partition coefficient (Wildman–Crippen LogP) is 2.59. The maximum Gasteiger partial charge on any atom is 0.241 e. The van der Waals surface area contributed by atoms with Crippen molar-refractivity contribution in [2.24, 2.45) is 5.41 Å². The van der Waals surface area contributed by atoms with Crippen molar-refractivity contribution in [3.05, 3.63) is 60.7 Å². The second kappa shape index (κ2) is 7.26.